The summed E-state index contributed by atoms with van der Waals surface area (Å²) in [6.07, 6.45) is 8.06. The number of rotatable bonds is 3. The van der Waals surface area contributed by atoms with Gasteiger partial charge >= 0.3 is 0 Å². The molecule has 0 radical (unpaired) electrons. The molecule has 6 rings (SSSR count). The number of piperidine rings is 1. The molecule has 2 atom stereocenters. The SMILES string of the molecule is Clc1cccc(-c2cc3c4c(c2)[C@@H]2CN(CC5CCC5)CC[C@@H]2N4CCC3)c1Cl. The molecule has 0 N–H and O–H groups in total. The van der Waals surface area contributed by atoms with Crippen LogP contribution < -0.4 is 4.90 Å². The minimum Gasteiger partial charge on any atom is -0.367 e. The smallest absolute Gasteiger partial charge is 0.0670 e. The molecule has 0 bridgehead atoms. The van der Waals surface area contributed by atoms with Crippen LogP contribution in [0.1, 0.15) is 49.1 Å². The lowest BCUT2D eigenvalue weighted by Gasteiger charge is -2.42. The first-order valence-electron chi connectivity index (χ1n) is 11.3. The molecule has 1 aliphatic carbocycles. The van der Waals surface area contributed by atoms with Gasteiger partial charge in [0.25, 0.3) is 0 Å². The highest BCUT2D eigenvalue weighted by molar-refractivity contribution is 6.43. The quantitative estimate of drug-likeness (QED) is 0.561. The summed E-state index contributed by atoms with van der Waals surface area (Å²) in [6, 6.07) is 11.5. The van der Waals surface area contributed by atoms with Crippen LogP contribution in [0.3, 0.4) is 0 Å². The Morgan fingerprint density at radius 2 is 1.90 bits per heavy atom. The van der Waals surface area contributed by atoms with Gasteiger partial charge in [-0.15, -0.1) is 0 Å². The number of nitrogens with zero attached hydrogens (tertiary/aromatic N) is 2. The maximum Gasteiger partial charge on any atom is 0.0670 e. The van der Waals surface area contributed by atoms with Gasteiger partial charge in [-0.2, -0.15) is 0 Å². The molecule has 0 spiro atoms. The molecule has 0 amide bonds. The Morgan fingerprint density at radius 1 is 1.00 bits per heavy atom. The molecule has 1 saturated carbocycles. The fraction of sp³-hybridized carbons (Fsp3) is 0.520. The molecule has 4 aliphatic rings. The number of benzene rings is 2. The topological polar surface area (TPSA) is 6.48 Å². The van der Waals surface area contributed by atoms with Gasteiger partial charge in [-0.05, 0) is 72.9 Å². The number of hydrogen-bond donors (Lipinski definition) is 0. The van der Waals surface area contributed by atoms with E-state index in [9.17, 15) is 0 Å². The van der Waals surface area contributed by atoms with E-state index in [0.29, 0.717) is 22.0 Å². The van der Waals surface area contributed by atoms with Crippen molar-refractivity contribution in [2.24, 2.45) is 5.92 Å². The van der Waals surface area contributed by atoms with Crippen molar-refractivity contribution in [2.75, 3.05) is 31.1 Å². The molecule has 0 unspecified atom stereocenters. The summed E-state index contributed by atoms with van der Waals surface area (Å²) in [5, 5.41) is 1.32. The Bertz CT molecular complexity index is 952. The number of likely N-dealkylation sites (tertiary alicyclic amines) is 1. The van der Waals surface area contributed by atoms with Crippen molar-refractivity contribution in [3.63, 3.8) is 0 Å². The second-order valence-electron chi connectivity index (χ2n) is 9.49. The summed E-state index contributed by atoms with van der Waals surface area (Å²) in [5.74, 6) is 1.58. The number of aryl methyl sites for hydroxylation is 1. The van der Waals surface area contributed by atoms with Gasteiger partial charge in [0.15, 0.2) is 0 Å². The largest absolute Gasteiger partial charge is 0.367 e. The number of halogens is 2. The third-order valence-electron chi connectivity index (χ3n) is 7.81. The van der Waals surface area contributed by atoms with E-state index in [-0.39, 0.29) is 0 Å². The van der Waals surface area contributed by atoms with Gasteiger partial charge in [0, 0.05) is 49.4 Å². The lowest BCUT2D eigenvalue weighted by molar-refractivity contribution is 0.136. The Kier molecular flexibility index (Phi) is 4.59. The molecular formula is C25H28Cl2N2. The standard InChI is InChI=1S/C25H28Cl2N2/c26-22-8-2-7-19(24(22)27)18-12-17-6-3-10-29-23-9-11-28(14-16-4-1-5-16)15-21(23)20(13-18)25(17)29/h2,7-8,12-13,16,21,23H,1,3-6,9-11,14-15H2/t21-,23-/m0/s1. The van der Waals surface area contributed by atoms with E-state index in [1.807, 2.05) is 12.1 Å². The van der Waals surface area contributed by atoms with Crippen molar-refractivity contribution in [3.8, 4) is 11.1 Å². The zero-order valence-corrected chi connectivity index (χ0v) is 18.4. The van der Waals surface area contributed by atoms with Crippen LogP contribution in [0.15, 0.2) is 30.3 Å². The first-order chi connectivity index (χ1) is 14.2. The minimum atomic E-state index is 0.633. The predicted octanol–water partition coefficient (Wildman–Crippen LogP) is 6.38. The molecule has 2 nitrogen and oxygen atoms in total. The molecule has 2 aromatic carbocycles. The van der Waals surface area contributed by atoms with E-state index >= 15 is 0 Å². The summed E-state index contributed by atoms with van der Waals surface area (Å²) in [5.41, 5.74) is 6.95. The third kappa shape index (κ3) is 3.02. The Hall–Kier alpha value is -1.22. The lowest BCUT2D eigenvalue weighted by Crippen LogP contribution is -2.48. The van der Waals surface area contributed by atoms with Gasteiger partial charge < -0.3 is 9.80 Å². The highest BCUT2D eigenvalue weighted by Gasteiger charge is 2.44. The maximum atomic E-state index is 6.61. The van der Waals surface area contributed by atoms with Gasteiger partial charge in [-0.25, -0.2) is 0 Å². The van der Waals surface area contributed by atoms with Gasteiger partial charge in [0.2, 0.25) is 0 Å². The monoisotopic (exact) mass is 426 g/mol. The highest BCUT2D eigenvalue weighted by Crippen LogP contribution is 2.50. The molecule has 2 aromatic rings. The van der Waals surface area contributed by atoms with Gasteiger partial charge in [-0.1, -0.05) is 41.8 Å². The Labute approximate surface area is 183 Å². The van der Waals surface area contributed by atoms with Crippen molar-refractivity contribution in [3.05, 3.63) is 51.5 Å². The van der Waals surface area contributed by atoms with Crippen molar-refractivity contribution < 1.29 is 0 Å². The van der Waals surface area contributed by atoms with Crippen LogP contribution in [-0.4, -0.2) is 37.1 Å². The average Bonchev–Trinajstić information content (AvgIpc) is 3.02. The van der Waals surface area contributed by atoms with Crippen LogP contribution in [-0.2, 0) is 6.42 Å². The molecule has 29 heavy (non-hydrogen) atoms. The molecule has 3 heterocycles. The first kappa shape index (κ1) is 18.5. The fourth-order valence-corrected chi connectivity index (χ4v) is 6.61. The highest BCUT2D eigenvalue weighted by atomic mass is 35.5. The number of anilines is 1. The van der Waals surface area contributed by atoms with Crippen molar-refractivity contribution in [2.45, 2.75) is 50.5 Å². The van der Waals surface area contributed by atoms with E-state index in [1.165, 1.54) is 75.8 Å². The van der Waals surface area contributed by atoms with Crippen LogP contribution >= 0.6 is 23.2 Å². The second kappa shape index (κ2) is 7.18. The first-order valence-corrected chi connectivity index (χ1v) is 12.0. The van der Waals surface area contributed by atoms with Gasteiger partial charge in [-0.3, -0.25) is 0 Å². The molecular weight excluding hydrogens is 399 g/mol. The van der Waals surface area contributed by atoms with E-state index < -0.39 is 0 Å². The zero-order valence-electron chi connectivity index (χ0n) is 16.8. The van der Waals surface area contributed by atoms with Crippen LogP contribution in [0.2, 0.25) is 10.0 Å². The van der Waals surface area contributed by atoms with E-state index in [1.54, 1.807) is 11.3 Å². The molecule has 4 heteroatoms. The predicted molar refractivity (Wildman–Crippen MR) is 122 cm³/mol. The molecule has 3 aliphatic heterocycles. The van der Waals surface area contributed by atoms with E-state index in [0.717, 1.165) is 11.5 Å². The van der Waals surface area contributed by atoms with Crippen LogP contribution in [0.4, 0.5) is 5.69 Å². The second-order valence-corrected chi connectivity index (χ2v) is 10.3. The molecule has 1 saturated heterocycles. The van der Waals surface area contributed by atoms with Crippen molar-refractivity contribution in [1.29, 1.82) is 0 Å². The van der Waals surface area contributed by atoms with E-state index in [4.69, 9.17) is 23.2 Å². The Morgan fingerprint density at radius 3 is 2.72 bits per heavy atom. The maximum absolute atomic E-state index is 6.61. The van der Waals surface area contributed by atoms with Gasteiger partial charge in [0.05, 0.1) is 10.0 Å². The summed E-state index contributed by atoms with van der Waals surface area (Å²) in [7, 11) is 0. The van der Waals surface area contributed by atoms with Gasteiger partial charge in [0.1, 0.15) is 0 Å². The summed E-state index contributed by atoms with van der Waals surface area (Å²) in [4.78, 5) is 5.51. The molecule has 152 valence electrons. The summed E-state index contributed by atoms with van der Waals surface area (Å²) < 4.78 is 0. The fourth-order valence-electron chi connectivity index (χ4n) is 6.20. The van der Waals surface area contributed by atoms with Crippen LogP contribution in [0.25, 0.3) is 11.1 Å². The number of fused-ring (bicyclic) bond motifs is 3. The van der Waals surface area contributed by atoms with Crippen LogP contribution in [0, 0.1) is 5.92 Å². The normalized spacial score (nSPS) is 26.2. The summed E-state index contributed by atoms with van der Waals surface area (Å²) in [6.45, 7) is 5.02. The number of hydrogen-bond acceptors (Lipinski definition) is 2. The zero-order chi connectivity index (χ0) is 19.5. The molecule has 0 aromatic heterocycles. The minimum absolute atomic E-state index is 0.633. The van der Waals surface area contributed by atoms with E-state index in [2.05, 4.69) is 28.0 Å². The molecule has 2 fully saturated rings. The third-order valence-corrected chi connectivity index (χ3v) is 8.63. The van der Waals surface area contributed by atoms with Crippen molar-refractivity contribution >= 4 is 28.9 Å². The Balaban J connectivity index is 1.40. The summed E-state index contributed by atoms with van der Waals surface area (Å²) >= 11 is 12.9. The van der Waals surface area contributed by atoms with Crippen molar-refractivity contribution in [1.82, 2.24) is 4.90 Å². The average molecular weight is 427 g/mol. The lowest BCUT2D eigenvalue weighted by atomic mass is 9.83. The van der Waals surface area contributed by atoms with Crippen LogP contribution in [0.5, 0.6) is 0 Å².